The van der Waals surface area contributed by atoms with E-state index in [1.165, 1.54) is 26.9 Å². The van der Waals surface area contributed by atoms with Crippen LogP contribution in [-0.2, 0) is 0 Å². The van der Waals surface area contributed by atoms with E-state index in [9.17, 15) is 0 Å². The van der Waals surface area contributed by atoms with Gasteiger partial charge in [0.2, 0.25) is 5.95 Å². The molecule has 0 N–H and O–H groups in total. The molecular weight excluding hydrogens is 464 g/mol. The Balaban J connectivity index is 1.48. The van der Waals surface area contributed by atoms with E-state index in [2.05, 4.69) is 106 Å². The standard InChI is InChI=1S/C34H22N4/c1-3-9-23(10-4-1)25-21-35-34(36-22-25)38-32-27-14-8-7-11-24(27)15-16-28(32)29-17-18-31-30(33(29)38)19-20-37(31)26-12-5-2-6-13-26/h1-22H. The molecular formula is C34H22N4. The zero-order valence-corrected chi connectivity index (χ0v) is 20.5. The minimum absolute atomic E-state index is 0.668. The molecule has 8 aromatic rings. The van der Waals surface area contributed by atoms with Crippen LogP contribution in [0.3, 0.4) is 0 Å². The number of aromatic nitrogens is 4. The number of hydrogen-bond donors (Lipinski definition) is 0. The fourth-order valence-corrected chi connectivity index (χ4v) is 5.71. The summed E-state index contributed by atoms with van der Waals surface area (Å²) in [7, 11) is 0. The Kier molecular flexibility index (Phi) is 4.49. The van der Waals surface area contributed by atoms with Crippen molar-refractivity contribution in [3.8, 4) is 22.8 Å². The zero-order chi connectivity index (χ0) is 25.1. The van der Waals surface area contributed by atoms with Crippen LogP contribution in [0.25, 0.3) is 66.2 Å². The molecule has 5 aromatic carbocycles. The van der Waals surface area contributed by atoms with Crippen LogP contribution in [0.1, 0.15) is 0 Å². The summed E-state index contributed by atoms with van der Waals surface area (Å²) in [5.41, 5.74) is 6.65. The van der Waals surface area contributed by atoms with Crippen LogP contribution in [0.2, 0.25) is 0 Å². The number of hydrogen-bond acceptors (Lipinski definition) is 2. The Hall–Kier alpha value is -5.22. The number of benzene rings is 5. The van der Waals surface area contributed by atoms with Gasteiger partial charge in [-0.15, -0.1) is 0 Å². The predicted molar refractivity (Wildman–Crippen MR) is 156 cm³/mol. The van der Waals surface area contributed by atoms with Gasteiger partial charge >= 0.3 is 0 Å². The Bertz CT molecular complexity index is 2100. The molecule has 0 radical (unpaired) electrons. The van der Waals surface area contributed by atoms with E-state index in [0.29, 0.717) is 5.95 Å². The maximum atomic E-state index is 4.92. The highest BCUT2D eigenvalue weighted by atomic mass is 15.2. The fraction of sp³-hybridized carbons (Fsp3) is 0. The van der Waals surface area contributed by atoms with Crippen LogP contribution >= 0.6 is 0 Å². The molecule has 0 aliphatic heterocycles. The summed E-state index contributed by atoms with van der Waals surface area (Å²) in [6, 6.07) is 40.4. The molecule has 4 heteroatoms. The lowest BCUT2D eigenvalue weighted by atomic mass is 10.1. The topological polar surface area (TPSA) is 35.6 Å². The highest BCUT2D eigenvalue weighted by Crippen LogP contribution is 2.39. The van der Waals surface area contributed by atoms with Crippen molar-refractivity contribution in [2.45, 2.75) is 0 Å². The maximum absolute atomic E-state index is 4.92. The van der Waals surface area contributed by atoms with Crippen LogP contribution in [0.4, 0.5) is 0 Å². The number of rotatable bonds is 3. The highest BCUT2D eigenvalue weighted by molar-refractivity contribution is 6.23. The van der Waals surface area contributed by atoms with Crippen LogP contribution in [0, 0.1) is 0 Å². The van der Waals surface area contributed by atoms with Gasteiger partial charge in [0.25, 0.3) is 0 Å². The minimum atomic E-state index is 0.668. The average molecular weight is 487 g/mol. The molecule has 0 atom stereocenters. The van der Waals surface area contributed by atoms with E-state index in [4.69, 9.17) is 9.97 Å². The molecule has 4 nitrogen and oxygen atoms in total. The molecule has 8 rings (SSSR count). The second kappa shape index (κ2) is 8.15. The molecule has 0 fully saturated rings. The molecule has 0 unspecified atom stereocenters. The molecule has 0 spiro atoms. The van der Waals surface area contributed by atoms with Crippen molar-refractivity contribution in [2.24, 2.45) is 0 Å². The maximum Gasteiger partial charge on any atom is 0.234 e. The summed E-state index contributed by atoms with van der Waals surface area (Å²) in [6.45, 7) is 0. The predicted octanol–water partition coefficient (Wildman–Crippen LogP) is 8.34. The third-order valence-corrected chi connectivity index (χ3v) is 7.46. The molecule has 0 aliphatic carbocycles. The second-order valence-electron chi connectivity index (χ2n) is 9.57. The fourth-order valence-electron chi connectivity index (χ4n) is 5.71. The van der Waals surface area contributed by atoms with E-state index < -0.39 is 0 Å². The molecule has 3 aromatic heterocycles. The lowest BCUT2D eigenvalue weighted by Gasteiger charge is -2.10. The van der Waals surface area contributed by atoms with E-state index in [0.717, 1.165) is 33.4 Å². The van der Waals surface area contributed by atoms with E-state index >= 15 is 0 Å². The monoisotopic (exact) mass is 486 g/mol. The Morgan fingerprint density at radius 2 is 1.13 bits per heavy atom. The van der Waals surface area contributed by atoms with Crippen molar-refractivity contribution in [1.82, 2.24) is 19.1 Å². The number of fused-ring (bicyclic) bond motifs is 7. The van der Waals surface area contributed by atoms with Crippen molar-refractivity contribution in [2.75, 3.05) is 0 Å². The quantitative estimate of drug-likeness (QED) is 0.252. The summed E-state index contributed by atoms with van der Waals surface area (Å²) < 4.78 is 4.49. The molecule has 0 bridgehead atoms. The number of nitrogens with zero attached hydrogens (tertiary/aromatic N) is 4. The normalized spacial score (nSPS) is 11.7. The van der Waals surface area contributed by atoms with Crippen LogP contribution < -0.4 is 0 Å². The van der Waals surface area contributed by atoms with Crippen molar-refractivity contribution in [3.05, 3.63) is 134 Å². The van der Waals surface area contributed by atoms with Crippen molar-refractivity contribution in [1.29, 1.82) is 0 Å². The molecule has 0 saturated carbocycles. The van der Waals surface area contributed by atoms with E-state index in [1.807, 2.05) is 36.7 Å². The third-order valence-electron chi connectivity index (χ3n) is 7.46. The Labute approximate surface area is 219 Å². The van der Waals surface area contributed by atoms with Crippen molar-refractivity contribution in [3.63, 3.8) is 0 Å². The molecule has 0 amide bonds. The lowest BCUT2D eigenvalue weighted by molar-refractivity contribution is 0.995. The largest absolute Gasteiger partial charge is 0.316 e. The van der Waals surface area contributed by atoms with Gasteiger partial charge in [-0.3, -0.25) is 4.57 Å². The first-order valence-electron chi connectivity index (χ1n) is 12.8. The van der Waals surface area contributed by atoms with Gasteiger partial charge < -0.3 is 4.57 Å². The number of para-hydroxylation sites is 1. The molecule has 0 saturated heterocycles. The van der Waals surface area contributed by atoms with Gasteiger partial charge in [-0.2, -0.15) is 0 Å². The van der Waals surface area contributed by atoms with Crippen LogP contribution in [0.15, 0.2) is 134 Å². The SMILES string of the molecule is c1ccc(-c2cnc(-n3c4c5ccccc5ccc4c4ccc5c(ccn5-c5ccccc5)c43)nc2)cc1. The van der Waals surface area contributed by atoms with Crippen molar-refractivity contribution < 1.29 is 0 Å². The first kappa shape index (κ1) is 20.9. The highest BCUT2D eigenvalue weighted by Gasteiger charge is 2.20. The summed E-state index contributed by atoms with van der Waals surface area (Å²) in [5, 5.41) is 5.95. The summed E-state index contributed by atoms with van der Waals surface area (Å²) in [4.78, 5) is 9.84. The molecule has 38 heavy (non-hydrogen) atoms. The van der Waals surface area contributed by atoms with Gasteiger partial charge in [-0.05, 0) is 35.2 Å². The van der Waals surface area contributed by atoms with Gasteiger partial charge in [0, 0.05) is 51.4 Å². The van der Waals surface area contributed by atoms with Crippen LogP contribution in [-0.4, -0.2) is 19.1 Å². The minimum Gasteiger partial charge on any atom is -0.316 e. The Morgan fingerprint density at radius 3 is 1.92 bits per heavy atom. The average Bonchev–Trinajstić information content (AvgIpc) is 3.58. The van der Waals surface area contributed by atoms with E-state index in [-0.39, 0.29) is 0 Å². The molecule has 178 valence electrons. The zero-order valence-electron chi connectivity index (χ0n) is 20.5. The Morgan fingerprint density at radius 1 is 0.474 bits per heavy atom. The van der Waals surface area contributed by atoms with Gasteiger partial charge in [0.15, 0.2) is 0 Å². The van der Waals surface area contributed by atoms with Crippen LogP contribution in [0.5, 0.6) is 0 Å². The summed E-state index contributed by atoms with van der Waals surface area (Å²) >= 11 is 0. The third kappa shape index (κ3) is 3.04. The van der Waals surface area contributed by atoms with Gasteiger partial charge in [-0.1, -0.05) is 91.0 Å². The summed E-state index contributed by atoms with van der Waals surface area (Å²) in [6.07, 6.45) is 6.00. The first-order valence-corrected chi connectivity index (χ1v) is 12.8. The smallest absolute Gasteiger partial charge is 0.234 e. The van der Waals surface area contributed by atoms with Gasteiger partial charge in [-0.25, -0.2) is 9.97 Å². The van der Waals surface area contributed by atoms with Gasteiger partial charge in [0.1, 0.15) is 0 Å². The first-order chi connectivity index (χ1) is 18.9. The van der Waals surface area contributed by atoms with E-state index in [1.54, 1.807) is 0 Å². The molecule has 0 aliphatic rings. The lowest BCUT2D eigenvalue weighted by Crippen LogP contribution is -2.01. The van der Waals surface area contributed by atoms with Crippen molar-refractivity contribution >= 4 is 43.5 Å². The van der Waals surface area contributed by atoms with Gasteiger partial charge in [0.05, 0.1) is 16.6 Å². The molecule has 3 heterocycles. The second-order valence-corrected chi connectivity index (χ2v) is 9.57. The summed E-state index contributed by atoms with van der Waals surface area (Å²) in [5.74, 6) is 0.668.